The van der Waals surface area contributed by atoms with E-state index in [1.807, 2.05) is 19.0 Å². The van der Waals surface area contributed by atoms with Crippen LogP contribution in [0, 0.1) is 0 Å². The molecule has 0 spiro atoms. The Morgan fingerprint density at radius 2 is 1.89 bits per heavy atom. The number of nitrogens with zero attached hydrogens (tertiary/aromatic N) is 3. The largest absolute Gasteiger partial charge is 0.353 e. The number of hydrogen-bond donors (Lipinski definition) is 1. The Morgan fingerprint density at radius 3 is 2.50 bits per heavy atom. The third-order valence-electron chi connectivity index (χ3n) is 5.24. The molecule has 2 amide bonds. The number of fused-ring (bicyclic) bond motifs is 1. The lowest BCUT2D eigenvalue weighted by Crippen LogP contribution is -2.48. The van der Waals surface area contributed by atoms with E-state index in [1.54, 1.807) is 12.1 Å². The zero-order chi connectivity index (χ0) is 20.5. The van der Waals surface area contributed by atoms with E-state index in [2.05, 4.69) is 5.32 Å². The van der Waals surface area contributed by atoms with Crippen molar-refractivity contribution >= 4 is 27.5 Å². The lowest BCUT2D eigenvalue weighted by atomic mass is 10.1. The van der Waals surface area contributed by atoms with Crippen LogP contribution in [0.15, 0.2) is 23.1 Å². The summed E-state index contributed by atoms with van der Waals surface area (Å²) in [5, 5.41) is 2.86. The number of amides is 2. The third kappa shape index (κ3) is 4.06. The molecule has 0 aliphatic carbocycles. The first kappa shape index (κ1) is 20.8. The number of carbonyl (C=O) groups excluding carboxylic acids is 2. The number of rotatable bonds is 6. The highest BCUT2D eigenvalue weighted by Gasteiger charge is 2.38. The highest BCUT2D eigenvalue weighted by Crippen LogP contribution is 2.35. The van der Waals surface area contributed by atoms with E-state index < -0.39 is 16.1 Å². The lowest BCUT2D eigenvalue weighted by molar-refractivity contribution is -0.125. The summed E-state index contributed by atoms with van der Waals surface area (Å²) in [7, 11) is 0.301. The number of anilines is 1. The molecule has 3 rings (SSSR count). The Hall–Kier alpha value is -1.97. The molecule has 9 heteroatoms. The fourth-order valence-corrected chi connectivity index (χ4v) is 5.35. The van der Waals surface area contributed by atoms with Gasteiger partial charge in [-0.2, -0.15) is 4.31 Å². The number of likely N-dealkylation sites (N-methyl/N-ethyl adjacent to an activating group) is 1. The molecule has 8 nitrogen and oxygen atoms in total. The van der Waals surface area contributed by atoms with Gasteiger partial charge in [0.1, 0.15) is 6.04 Å². The molecule has 1 fully saturated rings. The molecule has 1 atom stereocenters. The van der Waals surface area contributed by atoms with E-state index >= 15 is 0 Å². The number of nitrogens with one attached hydrogen (secondary N) is 1. The van der Waals surface area contributed by atoms with Crippen LogP contribution in [0.2, 0.25) is 0 Å². The molecule has 0 radical (unpaired) electrons. The van der Waals surface area contributed by atoms with E-state index in [4.69, 9.17) is 0 Å². The van der Waals surface area contributed by atoms with Crippen molar-refractivity contribution in [2.24, 2.45) is 0 Å². The second-order valence-electron chi connectivity index (χ2n) is 7.60. The molecule has 1 N–H and O–H groups in total. The van der Waals surface area contributed by atoms with E-state index in [0.717, 1.165) is 12.8 Å². The Morgan fingerprint density at radius 1 is 1.21 bits per heavy atom. The van der Waals surface area contributed by atoms with Crippen LogP contribution in [0.3, 0.4) is 0 Å². The van der Waals surface area contributed by atoms with Crippen LogP contribution < -0.4 is 10.2 Å². The maximum atomic E-state index is 12.8. The van der Waals surface area contributed by atoms with Crippen LogP contribution in [0.5, 0.6) is 0 Å². The normalized spacial score (nSPS) is 19.9. The Balaban J connectivity index is 1.83. The molecular formula is C19H28N4O4S. The molecule has 2 aliphatic heterocycles. The van der Waals surface area contributed by atoms with E-state index in [0.29, 0.717) is 43.9 Å². The Labute approximate surface area is 166 Å². The van der Waals surface area contributed by atoms with Gasteiger partial charge in [-0.3, -0.25) is 14.5 Å². The monoisotopic (exact) mass is 408 g/mol. The van der Waals surface area contributed by atoms with Crippen LogP contribution >= 0.6 is 0 Å². The molecule has 2 aliphatic rings. The highest BCUT2D eigenvalue weighted by atomic mass is 32.2. The zero-order valence-corrected chi connectivity index (χ0v) is 17.5. The van der Waals surface area contributed by atoms with Crippen molar-refractivity contribution in [1.82, 2.24) is 14.5 Å². The van der Waals surface area contributed by atoms with E-state index in [1.165, 1.54) is 22.2 Å². The van der Waals surface area contributed by atoms with E-state index in [-0.39, 0.29) is 16.7 Å². The second-order valence-corrected chi connectivity index (χ2v) is 9.54. The summed E-state index contributed by atoms with van der Waals surface area (Å²) >= 11 is 0. The zero-order valence-electron chi connectivity index (χ0n) is 16.6. The molecule has 1 saturated heterocycles. The van der Waals surface area contributed by atoms with Gasteiger partial charge in [0.05, 0.1) is 4.90 Å². The van der Waals surface area contributed by atoms with E-state index in [9.17, 15) is 18.0 Å². The van der Waals surface area contributed by atoms with Gasteiger partial charge in [-0.1, -0.05) is 0 Å². The number of sulfonamides is 1. The van der Waals surface area contributed by atoms with Gasteiger partial charge in [0.25, 0.3) is 0 Å². The van der Waals surface area contributed by atoms with Crippen LogP contribution in [-0.2, 0) is 26.0 Å². The molecule has 0 saturated carbocycles. The van der Waals surface area contributed by atoms with Crippen molar-refractivity contribution in [2.45, 2.75) is 37.1 Å². The molecule has 0 unspecified atom stereocenters. The third-order valence-corrected chi connectivity index (χ3v) is 7.13. The summed E-state index contributed by atoms with van der Waals surface area (Å²) in [6.07, 6.45) is 2.06. The van der Waals surface area contributed by atoms with Gasteiger partial charge in [0, 0.05) is 45.2 Å². The summed E-state index contributed by atoms with van der Waals surface area (Å²) in [5.41, 5.74) is 1.32. The number of benzene rings is 1. The van der Waals surface area contributed by atoms with Gasteiger partial charge >= 0.3 is 0 Å². The van der Waals surface area contributed by atoms with Crippen molar-refractivity contribution in [2.75, 3.05) is 45.2 Å². The number of carbonyl (C=O) groups is 2. The first-order valence-electron chi connectivity index (χ1n) is 9.57. The predicted molar refractivity (Wildman–Crippen MR) is 107 cm³/mol. The van der Waals surface area contributed by atoms with Crippen molar-refractivity contribution < 1.29 is 18.0 Å². The van der Waals surface area contributed by atoms with Crippen molar-refractivity contribution in [3.63, 3.8) is 0 Å². The van der Waals surface area contributed by atoms with Gasteiger partial charge in [-0.05, 0) is 50.7 Å². The van der Waals surface area contributed by atoms with Crippen LogP contribution in [-0.4, -0.2) is 75.8 Å². The predicted octanol–water partition coefficient (Wildman–Crippen LogP) is 0.427. The minimum absolute atomic E-state index is 0.225. The van der Waals surface area contributed by atoms with Crippen molar-refractivity contribution in [3.05, 3.63) is 23.8 Å². The van der Waals surface area contributed by atoms with Crippen molar-refractivity contribution in [1.29, 1.82) is 0 Å². The maximum absolute atomic E-state index is 12.8. The standard InChI is InChI=1S/C19H28N4O4S/c1-14(24)23-17-7-6-16(28(26,27)22-9-4-5-10-22)12-15(17)13-18(23)19(25)20-8-11-21(2)3/h6-7,12,18H,4-5,8-11,13H2,1-3H3,(H,20,25)/t18-/m1/s1. The molecular weight excluding hydrogens is 380 g/mol. The average Bonchev–Trinajstić information content (AvgIpc) is 3.28. The minimum atomic E-state index is -3.54. The molecule has 0 aromatic heterocycles. The van der Waals surface area contributed by atoms with Gasteiger partial charge in [0.2, 0.25) is 21.8 Å². The summed E-state index contributed by atoms with van der Waals surface area (Å²) in [6, 6.07) is 4.15. The SMILES string of the molecule is CC(=O)N1c2ccc(S(=O)(=O)N3CCCC3)cc2C[C@@H]1C(=O)NCCN(C)C. The summed E-state index contributed by atoms with van der Waals surface area (Å²) in [5.74, 6) is -0.459. The molecule has 1 aromatic carbocycles. The van der Waals surface area contributed by atoms with Crippen LogP contribution in [0.1, 0.15) is 25.3 Å². The molecule has 1 aromatic rings. The van der Waals surface area contributed by atoms with Gasteiger partial charge in [-0.25, -0.2) is 8.42 Å². The maximum Gasteiger partial charge on any atom is 0.243 e. The topological polar surface area (TPSA) is 90.0 Å². The fraction of sp³-hybridized carbons (Fsp3) is 0.579. The first-order valence-corrected chi connectivity index (χ1v) is 11.0. The van der Waals surface area contributed by atoms with Crippen molar-refractivity contribution in [3.8, 4) is 0 Å². The minimum Gasteiger partial charge on any atom is -0.353 e. The van der Waals surface area contributed by atoms with Gasteiger partial charge in [0.15, 0.2) is 0 Å². The highest BCUT2D eigenvalue weighted by molar-refractivity contribution is 7.89. The summed E-state index contributed by atoms with van der Waals surface area (Å²) in [6.45, 7) is 3.68. The smallest absolute Gasteiger partial charge is 0.243 e. The molecule has 0 bridgehead atoms. The Kier molecular flexibility index (Phi) is 6.07. The molecule has 2 heterocycles. The number of hydrogen-bond acceptors (Lipinski definition) is 5. The average molecular weight is 409 g/mol. The second kappa shape index (κ2) is 8.18. The summed E-state index contributed by atoms with van der Waals surface area (Å²) < 4.78 is 27.2. The van der Waals surface area contributed by atoms with Crippen LogP contribution in [0.4, 0.5) is 5.69 Å². The quantitative estimate of drug-likeness (QED) is 0.737. The molecule has 154 valence electrons. The van der Waals surface area contributed by atoms with Gasteiger partial charge in [-0.15, -0.1) is 0 Å². The lowest BCUT2D eigenvalue weighted by Gasteiger charge is -2.24. The molecule has 28 heavy (non-hydrogen) atoms. The summed E-state index contributed by atoms with van der Waals surface area (Å²) in [4.78, 5) is 28.5. The fourth-order valence-electron chi connectivity index (χ4n) is 3.79. The Bertz CT molecular complexity index is 863. The first-order chi connectivity index (χ1) is 13.2. The van der Waals surface area contributed by atoms with Gasteiger partial charge < -0.3 is 10.2 Å². The van der Waals surface area contributed by atoms with Crippen LogP contribution in [0.25, 0.3) is 0 Å².